The highest BCUT2D eigenvalue weighted by Gasteiger charge is 2.33. The SMILES string of the molecule is COC(=O)CNc1cc(C(F)(F)F)nc(Cl)n1. The molecule has 0 bridgehead atoms. The van der Waals surface area contributed by atoms with E-state index < -0.39 is 23.1 Å². The summed E-state index contributed by atoms with van der Waals surface area (Å²) in [5.74, 6) is -0.851. The van der Waals surface area contributed by atoms with Crippen molar-refractivity contribution in [3.8, 4) is 0 Å². The van der Waals surface area contributed by atoms with E-state index in [1.807, 2.05) is 0 Å². The van der Waals surface area contributed by atoms with Gasteiger partial charge in [0.1, 0.15) is 12.4 Å². The highest BCUT2D eigenvalue weighted by molar-refractivity contribution is 6.28. The smallest absolute Gasteiger partial charge is 0.433 e. The summed E-state index contributed by atoms with van der Waals surface area (Å²) in [6, 6.07) is 0.648. The Kier molecular flexibility index (Phi) is 4.11. The molecular formula is C8H7ClF3N3O2. The molecule has 0 saturated heterocycles. The van der Waals surface area contributed by atoms with Crippen LogP contribution < -0.4 is 5.32 Å². The summed E-state index contributed by atoms with van der Waals surface area (Å²) in [6.45, 7) is -0.318. The first kappa shape index (κ1) is 13.5. The van der Waals surface area contributed by atoms with Gasteiger partial charge >= 0.3 is 12.1 Å². The molecule has 1 N–H and O–H groups in total. The predicted octanol–water partition coefficient (Wildman–Crippen LogP) is 1.73. The number of alkyl halides is 3. The van der Waals surface area contributed by atoms with Crippen molar-refractivity contribution in [1.29, 1.82) is 0 Å². The monoisotopic (exact) mass is 269 g/mol. The molecule has 94 valence electrons. The second-order valence-electron chi connectivity index (χ2n) is 2.83. The van der Waals surface area contributed by atoms with Crippen molar-refractivity contribution >= 4 is 23.4 Å². The summed E-state index contributed by atoms with van der Waals surface area (Å²) < 4.78 is 41.3. The number of rotatable bonds is 3. The van der Waals surface area contributed by atoms with E-state index in [0.29, 0.717) is 6.07 Å². The molecule has 0 spiro atoms. The summed E-state index contributed by atoms with van der Waals surface area (Å²) in [5.41, 5.74) is -1.19. The van der Waals surface area contributed by atoms with Gasteiger partial charge in [-0.3, -0.25) is 4.79 Å². The molecule has 1 heterocycles. The van der Waals surface area contributed by atoms with Gasteiger partial charge in [-0.15, -0.1) is 0 Å². The minimum atomic E-state index is -4.63. The van der Waals surface area contributed by atoms with Gasteiger partial charge in [-0.05, 0) is 11.6 Å². The molecule has 9 heteroatoms. The molecule has 0 aliphatic rings. The lowest BCUT2D eigenvalue weighted by Crippen LogP contribution is -2.17. The van der Waals surface area contributed by atoms with E-state index >= 15 is 0 Å². The maximum Gasteiger partial charge on any atom is 0.433 e. The zero-order valence-electron chi connectivity index (χ0n) is 8.51. The van der Waals surface area contributed by atoms with Crippen LogP contribution in [0.4, 0.5) is 19.0 Å². The second-order valence-corrected chi connectivity index (χ2v) is 3.17. The van der Waals surface area contributed by atoms with Gasteiger partial charge in [0, 0.05) is 6.07 Å². The van der Waals surface area contributed by atoms with Crippen LogP contribution in [0.5, 0.6) is 0 Å². The van der Waals surface area contributed by atoms with Crippen LogP contribution in [0.15, 0.2) is 6.07 Å². The zero-order chi connectivity index (χ0) is 13.1. The van der Waals surface area contributed by atoms with Crippen molar-refractivity contribution < 1.29 is 22.7 Å². The van der Waals surface area contributed by atoms with Crippen molar-refractivity contribution in [2.45, 2.75) is 6.18 Å². The molecule has 0 aromatic carbocycles. The lowest BCUT2D eigenvalue weighted by Gasteiger charge is -2.09. The zero-order valence-corrected chi connectivity index (χ0v) is 9.26. The van der Waals surface area contributed by atoms with E-state index in [0.717, 1.165) is 7.11 Å². The molecule has 0 atom stereocenters. The fraction of sp³-hybridized carbons (Fsp3) is 0.375. The molecule has 0 aliphatic heterocycles. The number of halogens is 4. The van der Waals surface area contributed by atoms with Gasteiger partial charge in [-0.2, -0.15) is 13.2 Å². The number of ether oxygens (including phenoxy) is 1. The molecule has 1 aromatic heterocycles. The van der Waals surface area contributed by atoms with Crippen molar-refractivity contribution in [2.24, 2.45) is 0 Å². The first-order valence-corrected chi connectivity index (χ1v) is 4.63. The van der Waals surface area contributed by atoms with Crippen molar-refractivity contribution in [3.63, 3.8) is 0 Å². The number of nitrogens with one attached hydrogen (secondary N) is 1. The van der Waals surface area contributed by atoms with Crippen molar-refractivity contribution in [3.05, 3.63) is 17.0 Å². The number of methoxy groups -OCH3 is 1. The summed E-state index contributed by atoms with van der Waals surface area (Å²) in [7, 11) is 1.15. The molecule has 5 nitrogen and oxygen atoms in total. The van der Waals surface area contributed by atoms with Crippen LogP contribution in [0.2, 0.25) is 5.28 Å². The van der Waals surface area contributed by atoms with E-state index in [2.05, 4.69) is 20.0 Å². The Bertz CT molecular complexity index is 425. The van der Waals surface area contributed by atoms with Crippen LogP contribution in [0, 0.1) is 0 Å². The molecule has 1 rings (SSSR count). The highest BCUT2D eigenvalue weighted by atomic mass is 35.5. The fourth-order valence-electron chi connectivity index (χ4n) is 0.889. The largest absolute Gasteiger partial charge is 0.468 e. The molecule has 0 saturated carbocycles. The van der Waals surface area contributed by atoms with Crippen LogP contribution in [0.3, 0.4) is 0 Å². The average molecular weight is 270 g/mol. The average Bonchev–Trinajstić information content (AvgIpc) is 2.24. The molecule has 0 amide bonds. The van der Waals surface area contributed by atoms with E-state index in [4.69, 9.17) is 11.6 Å². The Morgan fingerprint density at radius 2 is 2.18 bits per heavy atom. The Morgan fingerprint density at radius 1 is 1.53 bits per heavy atom. The summed E-state index contributed by atoms with van der Waals surface area (Å²) >= 11 is 5.33. The molecule has 1 aromatic rings. The number of hydrogen-bond acceptors (Lipinski definition) is 5. The lowest BCUT2D eigenvalue weighted by molar-refractivity contribution is -0.141. The van der Waals surface area contributed by atoms with Crippen LogP contribution >= 0.6 is 11.6 Å². The van der Waals surface area contributed by atoms with Gasteiger partial charge < -0.3 is 10.1 Å². The van der Waals surface area contributed by atoms with Crippen molar-refractivity contribution in [2.75, 3.05) is 19.0 Å². The molecule has 0 fully saturated rings. The van der Waals surface area contributed by atoms with Crippen LogP contribution in [-0.2, 0) is 15.7 Å². The maximum absolute atomic E-state index is 12.3. The Balaban J connectivity index is 2.87. The molecular weight excluding hydrogens is 263 g/mol. The van der Waals surface area contributed by atoms with Gasteiger partial charge in [0.2, 0.25) is 5.28 Å². The molecule has 0 aliphatic carbocycles. The van der Waals surface area contributed by atoms with E-state index in [1.165, 1.54) is 0 Å². The number of carbonyl (C=O) groups excluding carboxylic acids is 1. The standard InChI is InChI=1S/C8H7ClF3N3O2/c1-17-6(16)3-13-5-2-4(8(10,11)12)14-7(9)15-5/h2H,3H2,1H3,(H,13,14,15). The number of esters is 1. The minimum Gasteiger partial charge on any atom is -0.468 e. The lowest BCUT2D eigenvalue weighted by atomic mass is 10.4. The quantitative estimate of drug-likeness (QED) is 0.669. The third kappa shape index (κ3) is 4.06. The maximum atomic E-state index is 12.3. The summed E-state index contributed by atoms with van der Waals surface area (Å²) in [5, 5.41) is 1.78. The van der Waals surface area contributed by atoms with Crippen LogP contribution in [0.1, 0.15) is 5.69 Å². The number of carbonyl (C=O) groups is 1. The fourth-order valence-corrected chi connectivity index (χ4v) is 1.07. The Hall–Kier alpha value is -1.57. The second kappa shape index (κ2) is 5.17. The van der Waals surface area contributed by atoms with Gasteiger partial charge in [0.25, 0.3) is 0 Å². The van der Waals surface area contributed by atoms with E-state index in [1.54, 1.807) is 0 Å². The predicted molar refractivity (Wildman–Crippen MR) is 52.5 cm³/mol. The van der Waals surface area contributed by atoms with Gasteiger partial charge in [0.15, 0.2) is 5.69 Å². The number of nitrogens with zero attached hydrogens (tertiary/aromatic N) is 2. The third-order valence-corrected chi connectivity index (χ3v) is 1.80. The van der Waals surface area contributed by atoms with Crippen molar-refractivity contribution in [1.82, 2.24) is 9.97 Å². The van der Waals surface area contributed by atoms with E-state index in [-0.39, 0.29) is 12.4 Å². The normalized spacial score (nSPS) is 11.1. The number of anilines is 1. The number of aromatic nitrogens is 2. The minimum absolute atomic E-state index is 0.206. The first-order chi connectivity index (χ1) is 7.82. The Morgan fingerprint density at radius 3 is 2.71 bits per heavy atom. The van der Waals surface area contributed by atoms with Gasteiger partial charge in [0.05, 0.1) is 7.11 Å². The highest BCUT2D eigenvalue weighted by Crippen LogP contribution is 2.29. The Labute approximate surface area is 99.0 Å². The third-order valence-electron chi connectivity index (χ3n) is 1.63. The van der Waals surface area contributed by atoms with Crippen LogP contribution in [0.25, 0.3) is 0 Å². The first-order valence-electron chi connectivity index (χ1n) is 4.25. The van der Waals surface area contributed by atoms with Gasteiger partial charge in [-0.25, -0.2) is 9.97 Å². The molecule has 0 radical (unpaired) electrons. The summed E-state index contributed by atoms with van der Waals surface area (Å²) in [4.78, 5) is 17.3. The van der Waals surface area contributed by atoms with Gasteiger partial charge in [-0.1, -0.05) is 0 Å². The summed E-state index contributed by atoms with van der Waals surface area (Å²) in [6.07, 6.45) is -4.63. The number of hydrogen-bond donors (Lipinski definition) is 1. The van der Waals surface area contributed by atoms with Crippen LogP contribution in [-0.4, -0.2) is 29.6 Å². The molecule has 0 unspecified atom stereocenters. The topological polar surface area (TPSA) is 64.1 Å². The van der Waals surface area contributed by atoms with E-state index in [9.17, 15) is 18.0 Å². The molecule has 17 heavy (non-hydrogen) atoms.